The van der Waals surface area contributed by atoms with Gasteiger partial charge in [-0.25, -0.2) is 0 Å². The zero-order chi connectivity index (χ0) is 18.7. The number of methoxy groups -OCH3 is 4. The lowest BCUT2D eigenvalue weighted by Crippen LogP contribution is -1.96. The molecule has 0 saturated carbocycles. The molecule has 1 heterocycles. The number of rotatable bonds is 6. The Labute approximate surface area is 151 Å². The molecule has 0 spiro atoms. The van der Waals surface area contributed by atoms with E-state index in [1.165, 1.54) is 0 Å². The van der Waals surface area contributed by atoms with Crippen molar-refractivity contribution < 1.29 is 23.5 Å². The third kappa shape index (κ3) is 2.99. The average Bonchev–Trinajstić information content (AvgIpc) is 3.15. The lowest BCUT2D eigenvalue weighted by atomic mass is 10.0. The quantitative estimate of drug-likeness (QED) is 0.675. The summed E-state index contributed by atoms with van der Waals surface area (Å²) >= 11 is 0. The number of ether oxygens (including phenoxy) is 4. The van der Waals surface area contributed by atoms with Gasteiger partial charge in [0, 0.05) is 22.9 Å². The van der Waals surface area contributed by atoms with Gasteiger partial charge in [-0.3, -0.25) is 0 Å². The molecule has 3 aromatic rings. The standard InChI is InChI=1S/C19H20N2O5/c1-22-12-5-6-13(15(20)9-12)14-10-21-26-18(14)11-7-16(23-2)19(25-4)17(8-11)24-3/h5-10H,20H2,1-4H3. The second kappa shape index (κ2) is 7.26. The minimum atomic E-state index is 0.503. The molecule has 0 saturated heterocycles. The van der Waals surface area contributed by atoms with E-state index in [4.69, 9.17) is 29.2 Å². The van der Waals surface area contributed by atoms with E-state index in [1.54, 1.807) is 52.8 Å². The van der Waals surface area contributed by atoms with Crippen LogP contribution in [0.5, 0.6) is 23.0 Å². The molecule has 0 atom stereocenters. The highest BCUT2D eigenvalue weighted by molar-refractivity contribution is 5.87. The van der Waals surface area contributed by atoms with Crippen LogP contribution >= 0.6 is 0 Å². The van der Waals surface area contributed by atoms with Crippen molar-refractivity contribution in [3.8, 4) is 45.4 Å². The van der Waals surface area contributed by atoms with Crippen molar-refractivity contribution in [2.24, 2.45) is 0 Å². The summed E-state index contributed by atoms with van der Waals surface area (Å²) in [6, 6.07) is 9.04. The summed E-state index contributed by atoms with van der Waals surface area (Å²) in [5.41, 5.74) is 8.99. The summed E-state index contributed by atoms with van der Waals surface area (Å²) in [6.07, 6.45) is 1.62. The first-order valence-electron chi connectivity index (χ1n) is 7.81. The van der Waals surface area contributed by atoms with Gasteiger partial charge in [-0.05, 0) is 24.3 Å². The Balaban J connectivity index is 2.15. The van der Waals surface area contributed by atoms with Gasteiger partial charge in [0.1, 0.15) is 5.75 Å². The summed E-state index contributed by atoms with van der Waals surface area (Å²) in [5.74, 6) is 2.76. The lowest BCUT2D eigenvalue weighted by Gasteiger charge is -2.14. The molecule has 0 unspecified atom stereocenters. The SMILES string of the molecule is COc1ccc(-c2cnoc2-c2cc(OC)c(OC)c(OC)c2)c(N)c1. The van der Waals surface area contributed by atoms with Crippen molar-refractivity contribution in [1.29, 1.82) is 0 Å². The molecule has 7 heteroatoms. The van der Waals surface area contributed by atoms with Crippen LogP contribution < -0.4 is 24.7 Å². The van der Waals surface area contributed by atoms with Crippen molar-refractivity contribution in [1.82, 2.24) is 5.16 Å². The third-order valence-corrected chi connectivity index (χ3v) is 4.05. The van der Waals surface area contributed by atoms with Crippen LogP contribution in [0.1, 0.15) is 0 Å². The van der Waals surface area contributed by atoms with E-state index < -0.39 is 0 Å². The summed E-state index contributed by atoms with van der Waals surface area (Å²) < 4.78 is 26.9. The van der Waals surface area contributed by atoms with Gasteiger partial charge < -0.3 is 29.2 Å². The summed E-state index contributed by atoms with van der Waals surface area (Å²) in [5, 5.41) is 3.94. The Morgan fingerprint density at radius 1 is 0.846 bits per heavy atom. The number of nitrogens with two attached hydrogens (primary N) is 1. The highest BCUT2D eigenvalue weighted by atomic mass is 16.5. The predicted molar refractivity (Wildman–Crippen MR) is 98.0 cm³/mol. The molecule has 0 fully saturated rings. The maximum atomic E-state index is 6.17. The molecule has 0 aliphatic rings. The fraction of sp³-hybridized carbons (Fsp3) is 0.211. The van der Waals surface area contributed by atoms with Crippen molar-refractivity contribution in [3.63, 3.8) is 0 Å². The summed E-state index contributed by atoms with van der Waals surface area (Å²) in [6.45, 7) is 0. The van der Waals surface area contributed by atoms with Crippen LogP contribution in [0.25, 0.3) is 22.5 Å². The minimum Gasteiger partial charge on any atom is -0.497 e. The molecule has 0 aliphatic carbocycles. The molecule has 2 aromatic carbocycles. The first kappa shape index (κ1) is 17.5. The number of hydrogen-bond acceptors (Lipinski definition) is 7. The average molecular weight is 356 g/mol. The molecule has 0 amide bonds. The maximum Gasteiger partial charge on any atom is 0.203 e. The molecular weight excluding hydrogens is 336 g/mol. The van der Waals surface area contributed by atoms with E-state index in [-0.39, 0.29) is 0 Å². The Kier molecular flexibility index (Phi) is 4.88. The van der Waals surface area contributed by atoms with Crippen LogP contribution in [0.3, 0.4) is 0 Å². The number of aromatic nitrogens is 1. The third-order valence-electron chi connectivity index (χ3n) is 4.05. The predicted octanol–water partition coefficient (Wildman–Crippen LogP) is 3.63. The Morgan fingerprint density at radius 2 is 1.54 bits per heavy atom. The highest BCUT2D eigenvalue weighted by Gasteiger charge is 2.20. The van der Waals surface area contributed by atoms with Crippen LogP contribution in [0, 0.1) is 0 Å². The summed E-state index contributed by atoms with van der Waals surface area (Å²) in [4.78, 5) is 0. The van der Waals surface area contributed by atoms with Gasteiger partial charge in [-0.1, -0.05) is 5.16 Å². The molecule has 136 valence electrons. The molecule has 1 aromatic heterocycles. The molecule has 26 heavy (non-hydrogen) atoms. The van der Waals surface area contributed by atoms with Crippen LogP contribution in [0.15, 0.2) is 41.1 Å². The van der Waals surface area contributed by atoms with Gasteiger partial charge >= 0.3 is 0 Å². The van der Waals surface area contributed by atoms with E-state index in [2.05, 4.69) is 5.16 Å². The number of hydrogen-bond donors (Lipinski definition) is 1. The second-order valence-corrected chi connectivity index (χ2v) is 5.44. The monoisotopic (exact) mass is 356 g/mol. The Bertz CT molecular complexity index is 895. The molecule has 7 nitrogen and oxygen atoms in total. The molecule has 0 bridgehead atoms. The smallest absolute Gasteiger partial charge is 0.203 e. The number of benzene rings is 2. The first-order chi connectivity index (χ1) is 12.6. The van der Waals surface area contributed by atoms with Crippen molar-refractivity contribution in [2.75, 3.05) is 34.2 Å². The van der Waals surface area contributed by atoms with Gasteiger partial charge in [0.2, 0.25) is 5.75 Å². The van der Waals surface area contributed by atoms with E-state index in [9.17, 15) is 0 Å². The van der Waals surface area contributed by atoms with Crippen molar-refractivity contribution in [2.45, 2.75) is 0 Å². The van der Waals surface area contributed by atoms with E-state index >= 15 is 0 Å². The topological polar surface area (TPSA) is 89.0 Å². The van der Waals surface area contributed by atoms with Gasteiger partial charge in [0.05, 0.1) is 40.2 Å². The second-order valence-electron chi connectivity index (χ2n) is 5.44. The molecule has 2 N–H and O–H groups in total. The normalized spacial score (nSPS) is 10.5. The van der Waals surface area contributed by atoms with Gasteiger partial charge in [0.25, 0.3) is 0 Å². The van der Waals surface area contributed by atoms with E-state index in [1.807, 2.05) is 12.1 Å². The lowest BCUT2D eigenvalue weighted by molar-refractivity contribution is 0.324. The van der Waals surface area contributed by atoms with E-state index in [0.29, 0.717) is 34.4 Å². The Hall–Kier alpha value is -3.35. The van der Waals surface area contributed by atoms with Gasteiger partial charge in [-0.2, -0.15) is 0 Å². The van der Waals surface area contributed by atoms with Crippen molar-refractivity contribution >= 4 is 5.69 Å². The Morgan fingerprint density at radius 3 is 2.08 bits per heavy atom. The minimum absolute atomic E-state index is 0.503. The number of nitrogen functional groups attached to an aromatic ring is 1. The van der Waals surface area contributed by atoms with Crippen LogP contribution in [0.4, 0.5) is 5.69 Å². The number of nitrogens with zero attached hydrogens (tertiary/aromatic N) is 1. The van der Waals surface area contributed by atoms with Crippen molar-refractivity contribution in [3.05, 3.63) is 36.5 Å². The van der Waals surface area contributed by atoms with Crippen LogP contribution in [-0.2, 0) is 0 Å². The fourth-order valence-corrected chi connectivity index (χ4v) is 2.76. The largest absolute Gasteiger partial charge is 0.497 e. The van der Waals surface area contributed by atoms with Gasteiger partial charge in [0.15, 0.2) is 17.3 Å². The molecule has 0 radical (unpaired) electrons. The summed E-state index contributed by atoms with van der Waals surface area (Å²) in [7, 11) is 6.26. The fourth-order valence-electron chi connectivity index (χ4n) is 2.76. The zero-order valence-electron chi connectivity index (χ0n) is 15.0. The molecule has 0 aliphatic heterocycles. The maximum absolute atomic E-state index is 6.17. The first-order valence-corrected chi connectivity index (χ1v) is 7.81. The molecule has 3 rings (SSSR count). The van der Waals surface area contributed by atoms with Crippen LogP contribution in [-0.4, -0.2) is 33.6 Å². The molecular formula is C19H20N2O5. The van der Waals surface area contributed by atoms with Gasteiger partial charge in [-0.15, -0.1) is 0 Å². The van der Waals surface area contributed by atoms with E-state index in [0.717, 1.165) is 16.7 Å². The highest BCUT2D eigenvalue weighted by Crippen LogP contribution is 2.44. The zero-order valence-corrected chi connectivity index (χ0v) is 15.0. The van der Waals surface area contributed by atoms with Crippen LogP contribution in [0.2, 0.25) is 0 Å². The number of anilines is 1.